The van der Waals surface area contributed by atoms with Gasteiger partial charge in [-0.3, -0.25) is 9.36 Å². The number of benzene rings is 2. The third-order valence-electron chi connectivity index (χ3n) is 5.02. The largest absolute Gasteiger partial charge is 0.431 e. The SMILES string of the molecule is Cn1c(C(F)(F)F)cc(=O)n(-c2ccc(Cl)c(C3(c4ccccc4)OCCO3)c2)c1=O. The van der Waals surface area contributed by atoms with E-state index in [1.807, 2.05) is 6.07 Å². The van der Waals surface area contributed by atoms with Crippen LogP contribution in [0.25, 0.3) is 5.69 Å². The molecule has 4 rings (SSSR count). The second-order valence-corrected chi connectivity index (χ2v) is 7.29. The Hall–Kier alpha value is -2.88. The van der Waals surface area contributed by atoms with Crippen LogP contribution in [0.15, 0.2) is 64.2 Å². The molecule has 0 saturated carbocycles. The van der Waals surface area contributed by atoms with Crippen LogP contribution in [0, 0.1) is 0 Å². The number of hydrogen-bond donors (Lipinski definition) is 0. The molecule has 2 heterocycles. The van der Waals surface area contributed by atoms with Crippen molar-refractivity contribution in [2.75, 3.05) is 13.2 Å². The lowest BCUT2D eigenvalue weighted by Gasteiger charge is -2.29. The molecule has 0 unspecified atom stereocenters. The van der Waals surface area contributed by atoms with Gasteiger partial charge in [0, 0.05) is 29.3 Å². The van der Waals surface area contributed by atoms with Crippen molar-refractivity contribution in [3.05, 3.63) is 97.3 Å². The van der Waals surface area contributed by atoms with E-state index in [2.05, 4.69) is 0 Å². The summed E-state index contributed by atoms with van der Waals surface area (Å²) in [4.78, 5) is 25.1. The summed E-state index contributed by atoms with van der Waals surface area (Å²) in [5, 5.41) is 0.242. The number of hydrogen-bond acceptors (Lipinski definition) is 4. The number of rotatable bonds is 3. The summed E-state index contributed by atoms with van der Waals surface area (Å²) in [6.45, 7) is 0.550. The molecule has 0 bridgehead atoms. The lowest BCUT2D eigenvalue weighted by molar-refractivity contribution is -0.144. The maximum atomic E-state index is 13.1. The molecular formula is C21H16ClF3N2O4. The topological polar surface area (TPSA) is 62.5 Å². The van der Waals surface area contributed by atoms with Gasteiger partial charge in [-0.25, -0.2) is 9.36 Å². The molecule has 1 fully saturated rings. The summed E-state index contributed by atoms with van der Waals surface area (Å²) in [5.41, 5.74) is -2.60. The zero-order chi connectivity index (χ0) is 22.4. The lowest BCUT2D eigenvalue weighted by atomic mass is 9.96. The van der Waals surface area contributed by atoms with E-state index in [0.717, 1.165) is 7.05 Å². The zero-order valence-electron chi connectivity index (χ0n) is 16.1. The fourth-order valence-electron chi connectivity index (χ4n) is 3.59. The third-order valence-corrected chi connectivity index (χ3v) is 5.35. The quantitative estimate of drug-likeness (QED) is 0.610. The summed E-state index contributed by atoms with van der Waals surface area (Å²) < 4.78 is 52.3. The predicted octanol–water partition coefficient (Wildman–Crippen LogP) is 3.46. The van der Waals surface area contributed by atoms with Crippen LogP contribution in [-0.4, -0.2) is 22.3 Å². The molecule has 10 heteroatoms. The van der Waals surface area contributed by atoms with Crippen LogP contribution in [0.4, 0.5) is 13.2 Å². The van der Waals surface area contributed by atoms with Crippen molar-refractivity contribution in [1.29, 1.82) is 0 Å². The Morgan fingerprint density at radius 1 is 1.00 bits per heavy atom. The van der Waals surface area contributed by atoms with E-state index in [1.165, 1.54) is 18.2 Å². The second kappa shape index (κ2) is 7.67. The number of ether oxygens (including phenoxy) is 2. The molecule has 1 aliphatic heterocycles. The Balaban J connectivity index is 1.94. The first-order valence-electron chi connectivity index (χ1n) is 9.19. The highest BCUT2D eigenvalue weighted by atomic mass is 35.5. The van der Waals surface area contributed by atoms with Crippen LogP contribution in [0.3, 0.4) is 0 Å². The molecule has 1 aromatic heterocycles. The Morgan fingerprint density at radius 3 is 2.26 bits per heavy atom. The molecule has 2 aromatic carbocycles. The average molecular weight is 453 g/mol. The van der Waals surface area contributed by atoms with E-state index in [4.69, 9.17) is 21.1 Å². The van der Waals surface area contributed by atoms with Crippen molar-refractivity contribution in [1.82, 2.24) is 9.13 Å². The van der Waals surface area contributed by atoms with Crippen LogP contribution in [-0.2, 0) is 28.5 Å². The van der Waals surface area contributed by atoms with Crippen LogP contribution < -0.4 is 11.2 Å². The summed E-state index contributed by atoms with van der Waals surface area (Å²) in [7, 11) is 0.951. The Morgan fingerprint density at radius 2 is 1.65 bits per heavy atom. The van der Waals surface area contributed by atoms with Gasteiger partial charge in [-0.1, -0.05) is 41.9 Å². The van der Waals surface area contributed by atoms with Crippen molar-refractivity contribution in [3.8, 4) is 5.69 Å². The van der Waals surface area contributed by atoms with Crippen molar-refractivity contribution in [3.63, 3.8) is 0 Å². The van der Waals surface area contributed by atoms with E-state index < -0.39 is 28.9 Å². The normalized spacial score (nSPS) is 15.9. The Kier molecular flexibility index (Phi) is 5.28. The second-order valence-electron chi connectivity index (χ2n) is 6.89. The minimum absolute atomic E-state index is 0.0353. The van der Waals surface area contributed by atoms with Gasteiger partial charge in [-0.05, 0) is 18.2 Å². The Bertz CT molecular complexity index is 1250. The van der Waals surface area contributed by atoms with Crippen molar-refractivity contribution < 1.29 is 22.6 Å². The number of nitrogens with zero attached hydrogens (tertiary/aromatic N) is 2. The Labute approximate surface area is 179 Å². The standard InChI is InChI=1S/C21H16ClF3N2O4/c1-26-17(21(23,24)25)12-18(28)27(19(26)29)14-7-8-16(22)15(11-14)20(30-9-10-31-20)13-5-3-2-4-6-13/h2-8,11-12H,9-10H2,1H3. The van der Waals surface area contributed by atoms with E-state index >= 15 is 0 Å². The highest BCUT2D eigenvalue weighted by molar-refractivity contribution is 6.31. The van der Waals surface area contributed by atoms with Gasteiger partial charge >= 0.3 is 11.9 Å². The van der Waals surface area contributed by atoms with Gasteiger partial charge in [0.1, 0.15) is 5.69 Å². The van der Waals surface area contributed by atoms with Gasteiger partial charge < -0.3 is 9.47 Å². The molecule has 3 aromatic rings. The minimum atomic E-state index is -4.85. The minimum Gasteiger partial charge on any atom is -0.340 e. The van der Waals surface area contributed by atoms with E-state index in [-0.39, 0.29) is 23.9 Å². The van der Waals surface area contributed by atoms with Gasteiger partial charge in [0.05, 0.1) is 18.9 Å². The maximum Gasteiger partial charge on any atom is 0.431 e. The summed E-state index contributed by atoms with van der Waals surface area (Å²) in [6.07, 6.45) is -4.85. The molecule has 0 aliphatic carbocycles. The molecule has 0 spiro atoms. The van der Waals surface area contributed by atoms with Gasteiger partial charge in [-0.15, -0.1) is 0 Å². The zero-order valence-corrected chi connectivity index (χ0v) is 16.9. The van der Waals surface area contributed by atoms with E-state index in [9.17, 15) is 22.8 Å². The number of aromatic nitrogens is 2. The molecule has 1 saturated heterocycles. The van der Waals surface area contributed by atoms with Crippen molar-refractivity contribution in [2.45, 2.75) is 12.0 Å². The monoisotopic (exact) mass is 452 g/mol. The van der Waals surface area contributed by atoms with Crippen molar-refractivity contribution in [2.24, 2.45) is 7.05 Å². The van der Waals surface area contributed by atoms with Gasteiger partial charge in [0.2, 0.25) is 5.79 Å². The predicted molar refractivity (Wildman–Crippen MR) is 106 cm³/mol. The molecule has 162 valence electrons. The molecular weight excluding hydrogens is 437 g/mol. The third kappa shape index (κ3) is 3.58. The molecule has 0 amide bonds. The first-order chi connectivity index (χ1) is 14.6. The molecule has 1 aliphatic rings. The van der Waals surface area contributed by atoms with Crippen LogP contribution in [0.2, 0.25) is 5.02 Å². The lowest BCUT2D eigenvalue weighted by Crippen LogP contribution is -2.41. The first kappa shape index (κ1) is 21.4. The summed E-state index contributed by atoms with van der Waals surface area (Å²) >= 11 is 6.42. The fourth-order valence-corrected chi connectivity index (χ4v) is 3.83. The van der Waals surface area contributed by atoms with Crippen LogP contribution in [0.5, 0.6) is 0 Å². The van der Waals surface area contributed by atoms with Gasteiger partial charge in [0.15, 0.2) is 0 Å². The number of alkyl halides is 3. The molecule has 0 atom stereocenters. The highest BCUT2D eigenvalue weighted by Gasteiger charge is 2.42. The first-order valence-corrected chi connectivity index (χ1v) is 9.57. The van der Waals surface area contributed by atoms with Gasteiger partial charge in [0.25, 0.3) is 5.56 Å². The smallest absolute Gasteiger partial charge is 0.340 e. The average Bonchev–Trinajstić information content (AvgIpc) is 3.23. The van der Waals surface area contributed by atoms with Crippen LogP contribution in [0.1, 0.15) is 16.8 Å². The molecule has 6 nitrogen and oxygen atoms in total. The van der Waals surface area contributed by atoms with E-state index in [0.29, 0.717) is 26.3 Å². The summed E-state index contributed by atoms with van der Waals surface area (Å²) in [6, 6.07) is 13.5. The number of halogens is 4. The summed E-state index contributed by atoms with van der Waals surface area (Å²) in [5.74, 6) is -1.38. The molecule has 31 heavy (non-hydrogen) atoms. The molecule has 0 radical (unpaired) electrons. The van der Waals surface area contributed by atoms with E-state index in [1.54, 1.807) is 24.3 Å². The molecule has 0 N–H and O–H groups in total. The van der Waals surface area contributed by atoms with Crippen molar-refractivity contribution >= 4 is 11.6 Å². The fraction of sp³-hybridized carbons (Fsp3) is 0.238. The van der Waals surface area contributed by atoms with Crippen LogP contribution >= 0.6 is 11.6 Å². The highest BCUT2D eigenvalue weighted by Crippen LogP contribution is 2.42. The maximum absolute atomic E-state index is 13.1. The van der Waals surface area contributed by atoms with Gasteiger partial charge in [-0.2, -0.15) is 13.2 Å².